The van der Waals surface area contributed by atoms with E-state index in [1.807, 2.05) is 63.5 Å². The summed E-state index contributed by atoms with van der Waals surface area (Å²) in [6, 6.07) is 14.9. The molecule has 0 atom stereocenters. The number of hydrogen-bond acceptors (Lipinski definition) is 14. The second-order valence-corrected chi connectivity index (χ2v) is 40.5. The van der Waals surface area contributed by atoms with Crippen molar-refractivity contribution in [2.75, 3.05) is 37.3 Å². The van der Waals surface area contributed by atoms with Gasteiger partial charge in [-0.05, 0) is 173 Å². The minimum absolute atomic E-state index is 0.222. The molecular weight excluding hydrogens is 1290 g/mol. The quantitative estimate of drug-likeness (QED) is 0.0406. The zero-order chi connectivity index (χ0) is 63.9. The molecule has 0 saturated heterocycles. The normalized spacial score (nSPS) is 14.7. The molecule has 0 spiro atoms. The number of benzene rings is 2. The lowest BCUT2D eigenvalue weighted by molar-refractivity contribution is 0.00855. The van der Waals surface area contributed by atoms with Crippen molar-refractivity contribution in [2.24, 2.45) is 0 Å². The van der Waals surface area contributed by atoms with Crippen molar-refractivity contribution in [3.8, 4) is 22.3 Å². The Morgan fingerprint density at radius 3 is 1.43 bits per heavy atom. The van der Waals surface area contributed by atoms with Crippen LogP contribution in [0.5, 0.6) is 0 Å². The summed E-state index contributed by atoms with van der Waals surface area (Å²) in [6.07, 6.45) is 11.4. The summed E-state index contributed by atoms with van der Waals surface area (Å²) in [6.45, 7) is 31.7. The van der Waals surface area contributed by atoms with Crippen molar-refractivity contribution in [3.05, 3.63) is 105 Å². The number of hydrogen-bond donors (Lipinski definition) is 1. The molecule has 24 heteroatoms. The molecule has 0 unspecified atom stereocenters. The molecule has 2 amide bonds. The van der Waals surface area contributed by atoms with Crippen LogP contribution in [-0.4, -0.2) is 126 Å². The van der Waals surface area contributed by atoms with E-state index in [4.69, 9.17) is 39.7 Å². The molecular formula is C64H84Br2F2N12O6Si2. The number of fused-ring (bicyclic) bond motifs is 4. The highest BCUT2D eigenvalue weighted by Crippen LogP contribution is 2.48. The minimum Gasteiger partial charge on any atom is -0.444 e. The van der Waals surface area contributed by atoms with Crippen LogP contribution < -0.4 is 10.6 Å². The maximum absolute atomic E-state index is 14.3. The van der Waals surface area contributed by atoms with Gasteiger partial charge < -0.3 is 29.6 Å². The van der Waals surface area contributed by atoms with Crippen LogP contribution in [0.15, 0.2) is 82.3 Å². The van der Waals surface area contributed by atoms with E-state index in [1.165, 1.54) is 24.3 Å². The maximum atomic E-state index is 14.3. The number of ether oxygens (including phenoxy) is 4. The van der Waals surface area contributed by atoms with E-state index < -0.39 is 27.3 Å². The van der Waals surface area contributed by atoms with Gasteiger partial charge in [0.1, 0.15) is 42.1 Å². The number of nitrogens with two attached hydrogens (primary N) is 1. The Kier molecular flexibility index (Phi) is 19.5. The van der Waals surface area contributed by atoms with E-state index in [0.717, 1.165) is 67.3 Å². The van der Waals surface area contributed by atoms with Crippen LogP contribution in [0.4, 0.5) is 30.0 Å². The largest absolute Gasteiger partial charge is 0.444 e. The first-order valence-electron chi connectivity index (χ1n) is 30.2. The molecule has 2 fully saturated rings. The summed E-state index contributed by atoms with van der Waals surface area (Å²) in [5.74, 6) is 0.412. The molecule has 10 rings (SSSR count). The van der Waals surface area contributed by atoms with Crippen molar-refractivity contribution < 1.29 is 37.3 Å². The van der Waals surface area contributed by atoms with Gasteiger partial charge in [-0.3, -0.25) is 19.8 Å². The average molecular weight is 1370 g/mol. The first-order valence-corrected chi connectivity index (χ1v) is 39.2. The van der Waals surface area contributed by atoms with Crippen LogP contribution >= 0.6 is 31.9 Å². The predicted molar refractivity (Wildman–Crippen MR) is 356 cm³/mol. The van der Waals surface area contributed by atoms with Crippen LogP contribution in [0.25, 0.3) is 55.4 Å². The lowest BCUT2D eigenvalue weighted by atomic mass is 10.1. The molecule has 2 N–H and O–H groups in total. The highest BCUT2D eigenvalue weighted by molar-refractivity contribution is 9.11. The summed E-state index contributed by atoms with van der Waals surface area (Å²) < 4.78 is 57.1. The number of rotatable bonds is 21. The molecule has 8 aromatic rings. The van der Waals surface area contributed by atoms with E-state index in [2.05, 4.69) is 100 Å². The Labute approximate surface area is 533 Å². The third-order valence-electron chi connectivity index (χ3n) is 16.0. The predicted octanol–water partition coefficient (Wildman–Crippen LogP) is 16.1. The Bertz CT molecular complexity index is 3850. The van der Waals surface area contributed by atoms with Gasteiger partial charge in [0.15, 0.2) is 17.1 Å². The van der Waals surface area contributed by atoms with Crippen molar-refractivity contribution in [1.82, 2.24) is 49.0 Å². The zero-order valence-corrected chi connectivity index (χ0v) is 58.5. The maximum Gasteiger partial charge on any atom is 0.411 e. The number of aromatic nitrogens is 8. The van der Waals surface area contributed by atoms with Gasteiger partial charge in [0.25, 0.3) is 0 Å². The third-order valence-corrected chi connectivity index (χ3v) is 21.1. The van der Waals surface area contributed by atoms with E-state index in [0.29, 0.717) is 83.8 Å². The fourth-order valence-corrected chi connectivity index (χ4v) is 12.9. The van der Waals surface area contributed by atoms with Crippen LogP contribution in [0.3, 0.4) is 0 Å². The van der Waals surface area contributed by atoms with Crippen molar-refractivity contribution in [3.63, 3.8) is 0 Å². The van der Waals surface area contributed by atoms with Crippen molar-refractivity contribution >= 4 is 105 Å². The highest BCUT2D eigenvalue weighted by atomic mass is 79.9. The van der Waals surface area contributed by atoms with Gasteiger partial charge in [0.2, 0.25) is 0 Å². The number of nitrogens with zero attached hydrogens (tertiary/aromatic N) is 11. The smallest absolute Gasteiger partial charge is 0.411 e. The molecule has 2 aliphatic carbocycles. The van der Waals surface area contributed by atoms with E-state index in [1.54, 1.807) is 50.9 Å². The van der Waals surface area contributed by atoms with Gasteiger partial charge in [-0.25, -0.2) is 28.3 Å². The second kappa shape index (κ2) is 26.0. The molecule has 18 nitrogen and oxygen atoms in total. The second-order valence-electron chi connectivity index (χ2n) is 27.7. The van der Waals surface area contributed by atoms with Crippen LogP contribution in [0.1, 0.15) is 105 Å². The molecule has 0 aliphatic heterocycles. The number of halogens is 4. The number of pyridine rings is 2. The number of carbonyl (C=O) groups is 2. The monoisotopic (exact) mass is 1370 g/mol. The number of anilines is 2. The molecule has 0 bridgehead atoms. The van der Waals surface area contributed by atoms with Gasteiger partial charge >= 0.3 is 12.2 Å². The van der Waals surface area contributed by atoms with Gasteiger partial charge in [0.05, 0.1) is 56.8 Å². The number of nitrogen functional groups attached to an aromatic ring is 1. The third kappa shape index (κ3) is 15.7. The van der Waals surface area contributed by atoms with Crippen molar-refractivity contribution in [2.45, 2.75) is 181 Å². The summed E-state index contributed by atoms with van der Waals surface area (Å²) in [7, 11) is -2.66. The summed E-state index contributed by atoms with van der Waals surface area (Å²) >= 11 is 7.52. The highest BCUT2D eigenvalue weighted by Gasteiger charge is 2.51. The zero-order valence-electron chi connectivity index (χ0n) is 53.3. The number of amides is 2. The molecule has 6 heterocycles. The Morgan fingerprint density at radius 2 is 1.03 bits per heavy atom. The minimum atomic E-state index is -1.33. The summed E-state index contributed by atoms with van der Waals surface area (Å²) in [4.78, 5) is 52.0. The van der Waals surface area contributed by atoms with Crippen LogP contribution in [-0.2, 0) is 32.0 Å². The lowest BCUT2D eigenvalue weighted by Crippen LogP contribution is -2.44. The molecule has 2 aromatic carbocycles. The first-order chi connectivity index (χ1) is 41.3. The molecule has 2 aliphatic rings. The van der Waals surface area contributed by atoms with Crippen LogP contribution in [0.2, 0.25) is 51.4 Å². The van der Waals surface area contributed by atoms with Gasteiger partial charge in [-0.1, -0.05) is 53.1 Å². The fraction of sp³-hybridized carbons (Fsp3) is 0.500. The van der Waals surface area contributed by atoms with E-state index in [-0.39, 0.29) is 61.4 Å². The Hall–Kier alpha value is -6.19. The first kappa shape index (κ1) is 66.2. The van der Waals surface area contributed by atoms with Crippen molar-refractivity contribution in [1.29, 1.82) is 0 Å². The Balaban J connectivity index is 0.000000223. The molecule has 6 aromatic heterocycles. The molecule has 472 valence electrons. The Morgan fingerprint density at radius 1 is 0.625 bits per heavy atom. The molecule has 0 radical (unpaired) electrons. The molecule has 2 saturated carbocycles. The SMILES string of the molecule is CCC1(N(Cc2nc3c(-c4cnc5ccc(F)cc5c4)cnn3c(N(COCC[Si](C)(C)C)COCC[Si](C)(C)C)c2Br)C(=O)OC(C)(C)C)CC1.CCC1(N(Cc2nc3c(-c4cnc5ccc(F)cc5c4)cnn3c(N)c2Br)C(=O)OC(C)(C)C)CC1. The number of carbonyl (C=O) groups excluding carboxylic acids is 2. The topological polar surface area (TPSA) is 193 Å². The average Bonchev–Trinajstić information content (AvgIpc) is 2.07. The van der Waals surface area contributed by atoms with Gasteiger partial charge in [0, 0.05) is 85.9 Å². The summed E-state index contributed by atoms with van der Waals surface area (Å²) in [5, 5.41) is 10.6. The van der Waals surface area contributed by atoms with Gasteiger partial charge in [-0.2, -0.15) is 19.2 Å². The van der Waals surface area contributed by atoms with E-state index in [9.17, 15) is 18.4 Å². The molecule has 88 heavy (non-hydrogen) atoms. The van der Waals surface area contributed by atoms with E-state index >= 15 is 0 Å². The van der Waals surface area contributed by atoms with Gasteiger partial charge in [-0.15, -0.1) is 0 Å². The lowest BCUT2D eigenvalue weighted by Gasteiger charge is -2.34. The fourth-order valence-electron chi connectivity index (χ4n) is 10.4. The summed E-state index contributed by atoms with van der Waals surface area (Å²) in [5.41, 5.74) is 11.3. The van der Waals surface area contributed by atoms with Crippen LogP contribution in [0, 0.1) is 11.6 Å². The standard InChI is InChI=1S/C38H56BrFN6O4Si2.C26H28BrFN6O2/c1-11-38(14-15-38)45(36(47)50-37(2,3)4)24-32-33(39)35(44(25-48-16-18-51(5,6)7)26-49-17-19-52(8,9)10)46-34(43-32)30(23-42-46)28-20-27-21-29(40)12-13-31(27)41-22-28;1-5-26(8-9-26)33(24(35)36-25(2,3)4)14-20-21(27)22(29)34-23(32-20)18(13-31-34)16-10-15-11-17(28)6-7-19(15)30-12-16/h12-13,20-23H,11,14-19,24-26H2,1-10H3;6-7,10-13H,5,8-9,14,29H2,1-4H3.